The number of carbonyl (C=O) groups is 1. The van der Waals surface area contributed by atoms with Crippen molar-refractivity contribution in [2.45, 2.75) is 26.5 Å². The van der Waals surface area contributed by atoms with Gasteiger partial charge in [-0.05, 0) is 41.9 Å². The molecule has 3 aromatic heterocycles. The predicted octanol–water partition coefficient (Wildman–Crippen LogP) is 3.25. The van der Waals surface area contributed by atoms with Gasteiger partial charge < -0.3 is 9.14 Å². The lowest BCUT2D eigenvalue weighted by atomic mass is 10.2. The summed E-state index contributed by atoms with van der Waals surface area (Å²) in [5.74, 6) is 0.475. The maximum atomic E-state index is 13.8. The van der Waals surface area contributed by atoms with E-state index in [4.69, 9.17) is 4.74 Å². The minimum Gasteiger partial charge on any atom is -0.477 e. The van der Waals surface area contributed by atoms with Crippen molar-refractivity contribution in [3.8, 4) is 5.75 Å². The quantitative estimate of drug-likeness (QED) is 0.657. The van der Waals surface area contributed by atoms with Crippen LogP contribution in [0.5, 0.6) is 5.75 Å². The fraction of sp³-hybridized carbons (Fsp3) is 0.235. The molecule has 0 aromatic carbocycles. The number of ether oxygens (including phenoxy) is 1. The number of hydrogen-bond acceptors (Lipinski definition) is 4. The number of nitrogens with zero attached hydrogens (tertiary/aromatic N) is 4. The average molecular weight is 405 g/mol. The number of carbonyl (C=O) groups excluding carboxylic acids is 1. The number of fused-ring (bicyclic) bond motifs is 2. The van der Waals surface area contributed by atoms with Crippen molar-refractivity contribution < 1.29 is 13.9 Å². The van der Waals surface area contributed by atoms with Gasteiger partial charge in [0.2, 0.25) is 0 Å². The molecule has 0 radical (unpaired) electrons. The van der Waals surface area contributed by atoms with Gasteiger partial charge >= 0.3 is 0 Å². The van der Waals surface area contributed by atoms with E-state index in [2.05, 4.69) is 25.9 Å². The van der Waals surface area contributed by atoms with Crippen molar-refractivity contribution in [1.29, 1.82) is 0 Å². The molecule has 0 saturated carbocycles. The highest BCUT2D eigenvalue weighted by molar-refractivity contribution is 9.10. The van der Waals surface area contributed by atoms with E-state index in [-0.39, 0.29) is 18.3 Å². The van der Waals surface area contributed by atoms with E-state index in [0.29, 0.717) is 21.7 Å². The number of anilines is 1. The lowest BCUT2D eigenvalue weighted by molar-refractivity contribution is -0.125. The van der Waals surface area contributed by atoms with Gasteiger partial charge in [0.1, 0.15) is 11.5 Å². The molecule has 0 bridgehead atoms. The molecule has 4 rings (SSSR count). The normalized spacial score (nSPS) is 16.9. The standard InChI is InChI=1S/C17H14BrFN4O2/c1-9-13(22-7-11(18)12(19)6-15(22)21-9)8-23-16-14(4-3-5-20-16)25-10(2)17(23)24/h3-7,10H,8H2,1-2H3/t10-/m1/s1. The van der Waals surface area contributed by atoms with E-state index in [0.717, 1.165) is 11.4 Å². The van der Waals surface area contributed by atoms with Gasteiger partial charge in [0.05, 0.1) is 22.4 Å². The Bertz CT molecular complexity index is 1000. The third-order valence-corrected chi connectivity index (χ3v) is 4.78. The molecule has 8 heteroatoms. The molecule has 1 atom stereocenters. The topological polar surface area (TPSA) is 59.7 Å². The smallest absolute Gasteiger partial charge is 0.269 e. The van der Waals surface area contributed by atoms with Crippen molar-refractivity contribution in [2.75, 3.05) is 4.90 Å². The molecular formula is C17H14BrFN4O2. The van der Waals surface area contributed by atoms with Gasteiger partial charge in [-0.1, -0.05) is 0 Å². The second kappa shape index (κ2) is 5.80. The number of aromatic nitrogens is 3. The van der Waals surface area contributed by atoms with Crippen LogP contribution in [0.1, 0.15) is 18.3 Å². The van der Waals surface area contributed by atoms with E-state index in [1.165, 1.54) is 6.07 Å². The Kier molecular flexibility index (Phi) is 3.72. The summed E-state index contributed by atoms with van der Waals surface area (Å²) in [4.78, 5) is 22.9. The summed E-state index contributed by atoms with van der Waals surface area (Å²) in [7, 11) is 0. The Morgan fingerprint density at radius 2 is 2.24 bits per heavy atom. The van der Waals surface area contributed by atoms with Crippen LogP contribution < -0.4 is 9.64 Å². The van der Waals surface area contributed by atoms with Gasteiger partial charge in [0.25, 0.3) is 5.91 Å². The number of rotatable bonds is 2. The summed E-state index contributed by atoms with van der Waals surface area (Å²) >= 11 is 3.20. The first-order valence-corrected chi connectivity index (χ1v) is 8.50. The van der Waals surface area contributed by atoms with Gasteiger partial charge in [0, 0.05) is 18.5 Å². The first-order valence-electron chi connectivity index (χ1n) is 7.71. The third kappa shape index (κ3) is 2.57. The van der Waals surface area contributed by atoms with Crippen LogP contribution in [0.25, 0.3) is 5.65 Å². The van der Waals surface area contributed by atoms with Gasteiger partial charge in [0.15, 0.2) is 17.7 Å². The fourth-order valence-electron chi connectivity index (χ4n) is 2.94. The maximum absolute atomic E-state index is 13.8. The minimum absolute atomic E-state index is 0.179. The van der Waals surface area contributed by atoms with Gasteiger partial charge in [-0.2, -0.15) is 0 Å². The summed E-state index contributed by atoms with van der Waals surface area (Å²) < 4.78 is 21.5. The molecule has 0 unspecified atom stereocenters. The average Bonchev–Trinajstić information content (AvgIpc) is 2.87. The molecule has 0 spiro atoms. The van der Waals surface area contributed by atoms with Crippen molar-refractivity contribution in [1.82, 2.24) is 14.4 Å². The van der Waals surface area contributed by atoms with Crippen LogP contribution in [0.4, 0.5) is 10.2 Å². The van der Waals surface area contributed by atoms with Crippen LogP contribution in [-0.2, 0) is 11.3 Å². The molecule has 1 aliphatic heterocycles. The van der Waals surface area contributed by atoms with E-state index in [1.807, 2.05) is 6.92 Å². The summed E-state index contributed by atoms with van der Waals surface area (Å²) in [5.41, 5.74) is 2.00. The second-order valence-corrected chi connectivity index (χ2v) is 6.71. The van der Waals surface area contributed by atoms with Crippen LogP contribution in [0.2, 0.25) is 0 Å². The number of hydrogen-bond donors (Lipinski definition) is 0. The van der Waals surface area contributed by atoms with Crippen LogP contribution >= 0.6 is 15.9 Å². The van der Waals surface area contributed by atoms with Gasteiger partial charge in [-0.25, -0.2) is 14.4 Å². The number of imidazole rings is 1. The van der Waals surface area contributed by atoms with Crippen molar-refractivity contribution >= 4 is 33.3 Å². The molecule has 1 aliphatic rings. The van der Waals surface area contributed by atoms with Crippen molar-refractivity contribution in [2.24, 2.45) is 0 Å². The highest BCUT2D eigenvalue weighted by Gasteiger charge is 2.33. The molecule has 0 saturated heterocycles. The van der Waals surface area contributed by atoms with Crippen LogP contribution in [-0.4, -0.2) is 26.4 Å². The minimum atomic E-state index is -0.597. The lowest BCUT2D eigenvalue weighted by Crippen LogP contribution is -2.44. The summed E-state index contributed by atoms with van der Waals surface area (Å²) in [6.45, 7) is 3.81. The number of amides is 1. The van der Waals surface area contributed by atoms with E-state index in [9.17, 15) is 9.18 Å². The molecule has 3 aromatic rings. The summed E-state index contributed by atoms with van der Waals surface area (Å²) in [6, 6.07) is 4.90. The Balaban J connectivity index is 1.82. The molecule has 0 N–H and O–H groups in total. The van der Waals surface area contributed by atoms with Gasteiger partial charge in [-0.3, -0.25) is 9.69 Å². The molecular weight excluding hydrogens is 391 g/mol. The molecule has 0 aliphatic carbocycles. The summed E-state index contributed by atoms with van der Waals surface area (Å²) in [5, 5.41) is 0. The molecule has 128 valence electrons. The Labute approximate surface area is 151 Å². The zero-order chi connectivity index (χ0) is 17.7. The van der Waals surface area contributed by atoms with E-state index < -0.39 is 6.10 Å². The molecule has 6 nitrogen and oxygen atoms in total. The van der Waals surface area contributed by atoms with E-state index in [1.54, 1.807) is 40.8 Å². The molecule has 25 heavy (non-hydrogen) atoms. The molecule has 0 fully saturated rings. The number of aryl methyl sites for hydroxylation is 1. The highest BCUT2D eigenvalue weighted by atomic mass is 79.9. The third-order valence-electron chi connectivity index (χ3n) is 4.20. The van der Waals surface area contributed by atoms with Crippen LogP contribution in [0, 0.1) is 12.7 Å². The summed E-state index contributed by atoms with van der Waals surface area (Å²) in [6.07, 6.45) is 2.64. The fourth-order valence-corrected chi connectivity index (χ4v) is 3.26. The molecule has 1 amide bonds. The molecule has 4 heterocycles. The highest BCUT2D eigenvalue weighted by Crippen LogP contribution is 2.33. The largest absolute Gasteiger partial charge is 0.477 e. The van der Waals surface area contributed by atoms with Crippen molar-refractivity contribution in [3.05, 3.63) is 52.3 Å². The monoisotopic (exact) mass is 404 g/mol. The predicted molar refractivity (Wildman–Crippen MR) is 93.1 cm³/mol. The first kappa shape index (κ1) is 16.0. The lowest BCUT2D eigenvalue weighted by Gasteiger charge is -2.31. The van der Waals surface area contributed by atoms with Crippen LogP contribution in [0.15, 0.2) is 35.1 Å². The zero-order valence-electron chi connectivity index (χ0n) is 13.5. The Morgan fingerprint density at radius 1 is 1.44 bits per heavy atom. The van der Waals surface area contributed by atoms with Crippen molar-refractivity contribution in [3.63, 3.8) is 0 Å². The Morgan fingerprint density at radius 3 is 3.04 bits per heavy atom. The second-order valence-electron chi connectivity index (χ2n) is 5.85. The van der Waals surface area contributed by atoms with Gasteiger partial charge in [-0.15, -0.1) is 0 Å². The number of halogens is 2. The SMILES string of the molecule is Cc1nc2cc(F)c(Br)cn2c1CN1C(=O)[C@@H](C)Oc2cccnc21. The maximum Gasteiger partial charge on any atom is 0.269 e. The van der Waals surface area contributed by atoms with E-state index >= 15 is 0 Å². The Hall–Kier alpha value is -2.48. The first-order chi connectivity index (χ1) is 12.0. The zero-order valence-corrected chi connectivity index (χ0v) is 15.1. The van der Waals surface area contributed by atoms with Crippen LogP contribution in [0.3, 0.4) is 0 Å². The number of pyridine rings is 2.